The van der Waals surface area contributed by atoms with Gasteiger partial charge in [0.25, 0.3) is 0 Å². The third-order valence-electron chi connectivity index (χ3n) is 5.87. The van der Waals surface area contributed by atoms with Crippen LogP contribution in [-0.4, -0.2) is 42.5 Å². The predicted molar refractivity (Wildman–Crippen MR) is 125 cm³/mol. The van der Waals surface area contributed by atoms with E-state index in [2.05, 4.69) is 11.7 Å². The molecule has 0 aromatic carbocycles. The lowest BCUT2D eigenvalue weighted by atomic mass is 9.93. The number of methoxy groups -OCH3 is 1. The molecule has 1 fully saturated rings. The Labute approximate surface area is 197 Å². The molecule has 0 aliphatic heterocycles. The van der Waals surface area contributed by atoms with E-state index in [0.717, 1.165) is 25.7 Å². The van der Waals surface area contributed by atoms with Gasteiger partial charge >= 0.3 is 17.9 Å². The first-order chi connectivity index (χ1) is 15.6. The zero-order valence-corrected chi connectivity index (χ0v) is 20.8. The van der Waals surface area contributed by atoms with Crippen molar-refractivity contribution >= 4 is 23.7 Å². The van der Waals surface area contributed by atoms with Crippen molar-refractivity contribution in [2.75, 3.05) is 7.11 Å². The fraction of sp³-hybridized carbons (Fsp3) is 0.692. The summed E-state index contributed by atoms with van der Waals surface area (Å²) in [4.78, 5) is 47.3. The van der Waals surface area contributed by atoms with Gasteiger partial charge in [0.15, 0.2) is 0 Å². The van der Waals surface area contributed by atoms with Crippen molar-refractivity contribution in [3.63, 3.8) is 0 Å². The Hall–Kier alpha value is -2.44. The summed E-state index contributed by atoms with van der Waals surface area (Å²) in [6, 6.07) is 0. The summed E-state index contributed by atoms with van der Waals surface area (Å²) < 4.78 is 15.6. The molecule has 186 valence electrons. The van der Waals surface area contributed by atoms with Crippen LogP contribution in [0.4, 0.5) is 0 Å². The lowest BCUT2D eigenvalue weighted by Crippen LogP contribution is -2.30. The quantitative estimate of drug-likeness (QED) is 0.157. The third kappa shape index (κ3) is 10.8. The molecule has 1 aliphatic rings. The Balaban J connectivity index is 2.75. The Morgan fingerprint density at radius 1 is 1.09 bits per heavy atom. The van der Waals surface area contributed by atoms with Crippen LogP contribution in [0.5, 0.6) is 0 Å². The normalized spacial score (nSPS) is 22.5. The molecule has 0 aromatic rings. The van der Waals surface area contributed by atoms with Crippen molar-refractivity contribution in [2.45, 2.75) is 97.2 Å². The van der Waals surface area contributed by atoms with Gasteiger partial charge in [0, 0.05) is 32.6 Å². The molecule has 7 nitrogen and oxygen atoms in total. The van der Waals surface area contributed by atoms with Gasteiger partial charge in [0.05, 0.1) is 13.0 Å². The van der Waals surface area contributed by atoms with Gasteiger partial charge in [-0.05, 0) is 45.4 Å². The fourth-order valence-electron chi connectivity index (χ4n) is 4.17. The standard InChI is InChI=1S/C26H40O7/c1-6-7-16-26(4,33-20(3)28)17-12-14-22-23(32-19(2)27)18-21(25(22)30)13-10-8-9-11-15-24(29)31-5/h8,10,12,14,21-23H,6-7,9,11,13,15-18H2,1-5H3/t21-,22-,23-,26+/m1/s1. The van der Waals surface area contributed by atoms with Gasteiger partial charge in [0.2, 0.25) is 0 Å². The molecule has 1 rings (SSSR count). The maximum atomic E-state index is 13.0. The molecule has 4 atom stereocenters. The minimum absolute atomic E-state index is 0.0551. The summed E-state index contributed by atoms with van der Waals surface area (Å²) >= 11 is 0. The largest absolute Gasteiger partial charge is 0.469 e. The zero-order chi connectivity index (χ0) is 24.9. The van der Waals surface area contributed by atoms with Gasteiger partial charge < -0.3 is 14.2 Å². The Morgan fingerprint density at radius 2 is 1.82 bits per heavy atom. The minimum atomic E-state index is -0.622. The first kappa shape index (κ1) is 28.6. The van der Waals surface area contributed by atoms with Crippen LogP contribution >= 0.6 is 0 Å². The minimum Gasteiger partial charge on any atom is -0.469 e. The van der Waals surface area contributed by atoms with E-state index in [4.69, 9.17) is 9.47 Å². The maximum Gasteiger partial charge on any atom is 0.305 e. The van der Waals surface area contributed by atoms with Crippen molar-refractivity contribution in [1.29, 1.82) is 0 Å². The van der Waals surface area contributed by atoms with Crippen molar-refractivity contribution in [3.05, 3.63) is 24.3 Å². The highest BCUT2D eigenvalue weighted by Crippen LogP contribution is 2.34. The summed E-state index contributed by atoms with van der Waals surface area (Å²) in [6.45, 7) is 6.74. The van der Waals surface area contributed by atoms with Crippen LogP contribution in [-0.2, 0) is 33.4 Å². The van der Waals surface area contributed by atoms with Crippen LogP contribution in [0, 0.1) is 11.8 Å². The molecule has 0 unspecified atom stereocenters. The van der Waals surface area contributed by atoms with Crippen LogP contribution in [0.2, 0.25) is 0 Å². The smallest absolute Gasteiger partial charge is 0.305 e. The highest BCUT2D eigenvalue weighted by atomic mass is 16.6. The van der Waals surface area contributed by atoms with Gasteiger partial charge in [-0.2, -0.15) is 0 Å². The highest BCUT2D eigenvalue weighted by molar-refractivity contribution is 5.88. The topological polar surface area (TPSA) is 96.0 Å². The molecule has 0 bridgehead atoms. The highest BCUT2D eigenvalue weighted by Gasteiger charge is 2.42. The van der Waals surface area contributed by atoms with Crippen molar-refractivity contribution in [3.8, 4) is 0 Å². The van der Waals surface area contributed by atoms with E-state index in [1.165, 1.54) is 21.0 Å². The number of rotatable bonds is 14. The van der Waals surface area contributed by atoms with Gasteiger partial charge in [0.1, 0.15) is 17.5 Å². The number of carbonyl (C=O) groups excluding carboxylic acids is 4. The third-order valence-corrected chi connectivity index (χ3v) is 5.87. The summed E-state index contributed by atoms with van der Waals surface area (Å²) in [5, 5.41) is 0. The van der Waals surface area contributed by atoms with Gasteiger partial charge in [-0.15, -0.1) is 0 Å². The van der Waals surface area contributed by atoms with E-state index in [0.29, 0.717) is 32.1 Å². The van der Waals surface area contributed by atoms with E-state index in [1.807, 2.05) is 31.2 Å². The number of ketones is 1. The number of Topliss-reactive ketones (excluding diaryl/α,β-unsaturated/α-hetero) is 1. The van der Waals surface area contributed by atoms with Crippen LogP contribution in [0.1, 0.15) is 85.5 Å². The van der Waals surface area contributed by atoms with Crippen LogP contribution in [0.15, 0.2) is 24.3 Å². The molecule has 0 radical (unpaired) electrons. The molecule has 0 amide bonds. The lowest BCUT2D eigenvalue weighted by Gasteiger charge is -2.28. The van der Waals surface area contributed by atoms with E-state index in [9.17, 15) is 19.2 Å². The van der Waals surface area contributed by atoms with Gasteiger partial charge in [-0.1, -0.05) is 37.6 Å². The van der Waals surface area contributed by atoms with Crippen molar-refractivity contribution in [1.82, 2.24) is 0 Å². The van der Waals surface area contributed by atoms with Crippen molar-refractivity contribution < 1.29 is 33.4 Å². The summed E-state index contributed by atoms with van der Waals surface area (Å²) in [6.07, 6.45) is 13.1. The first-order valence-electron chi connectivity index (χ1n) is 11.9. The molecule has 0 spiro atoms. The second-order valence-electron chi connectivity index (χ2n) is 8.96. The van der Waals surface area contributed by atoms with Gasteiger partial charge in [-0.3, -0.25) is 19.2 Å². The molecule has 1 aliphatic carbocycles. The number of hydrogen-bond donors (Lipinski definition) is 0. The number of esters is 3. The van der Waals surface area contributed by atoms with E-state index < -0.39 is 23.6 Å². The molecule has 0 aromatic heterocycles. The van der Waals surface area contributed by atoms with E-state index in [-0.39, 0.29) is 23.6 Å². The lowest BCUT2D eigenvalue weighted by molar-refractivity contribution is -0.156. The monoisotopic (exact) mass is 464 g/mol. The number of carbonyl (C=O) groups is 4. The Kier molecular flexibility index (Phi) is 12.7. The number of allylic oxidation sites excluding steroid dienone is 2. The molecular formula is C26H40O7. The predicted octanol–water partition coefficient (Wildman–Crippen LogP) is 4.87. The maximum absolute atomic E-state index is 13.0. The molecule has 7 heteroatoms. The van der Waals surface area contributed by atoms with Crippen LogP contribution in [0.3, 0.4) is 0 Å². The average Bonchev–Trinajstić information content (AvgIpc) is 3.02. The van der Waals surface area contributed by atoms with Crippen LogP contribution in [0.25, 0.3) is 0 Å². The molecule has 0 N–H and O–H groups in total. The van der Waals surface area contributed by atoms with Gasteiger partial charge in [-0.25, -0.2) is 0 Å². The van der Waals surface area contributed by atoms with Crippen molar-refractivity contribution in [2.24, 2.45) is 11.8 Å². The SMILES string of the molecule is CCCC[C@@](C)(CC=C[C@H]1C(=O)[C@H](CC=CCCCC(=O)OC)C[C@H]1OC(C)=O)OC(C)=O. The molecule has 0 saturated heterocycles. The zero-order valence-electron chi connectivity index (χ0n) is 20.8. The summed E-state index contributed by atoms with van der Waals surface area (Å²) in [5.41, 5.74) is -0.622. The molecule has 33 heavy (non-hydrogen) atoms. The molecule has 0 heterocycles. The Bertz CT molecular complexity index is 724. The summed E-state index contributed by atoms with van der Waals surface area (Å²) in [5.74, 6) is -1.62. The number of ether oxygens (including phenoxy) is 3. The second kappa shape index (κ2) is 14.7. The van der Waals surface area contributed by atoms with E-state index in [1.54, 1.807) is 0 Å². The molecular weight excluding hydrogens is 424 g/mol. The van der Waals surface area contributed by atoms with E-state index >= 15 is 0 Å². The fourth-order valence-corrected chi connectivity index (χ4v) is 4.17. The number of unbranched alkanes of at least 4 members (excludes halogenated alkanes) is 2. The second-order valence-corrected chi connectivity index (χ2v) is 8.96. The molecule has 1 saturated carbocycles. The van der Waals surface area contributed by atoms with Crippen LogP contribution < -0.4 is 0 Å². The number of hydrogen-bond acceptors (Lipinski definition) is 7. The average molecular weight is 465 g/mol. The first-order valence-corrected chi connectivity index (χ1v) is 11.9. The Morgan fingerprint density at radius 3 is 2.42 bits per heavy atom. The summed E-state index contributed by atoms with van der Waals surface area (Å²) in [7, 11) is 1.37.